The van der Waals surface area contributed by atoms with Gasteiger partial charge in [0.25, 0.3) is 0 Å². The Morgan fingerprint density at radius 3 is 2.73 bits per heavy atom. The van der Waals surface area contributed by atoms with Crippen molar-refractivity contribution in [3.05, 3.63) is 23.8 Å². The summed E-state index contributed by atoms with van der Waals surface area (Å²) in [6.45, 7) is 6.79. The summed E-state index contributed by atoms with van der Waals surface area (Å²) in [5, 5.41) is 0. The minimum absolute atomic E-state index is 0.0807. The van der Waals surface area contributed by atoms with Gasteiger partial charge in [-0.25, -0.2) is 13.1 Å². The molecular weight excluding hydrogens is 352 g/mol. The molecule has 1 heterocycles. The summed E-state index contributed by atoms with van der Waals surface area (Å²) in [7, 11) is -3.55. The first-order chi connectivity index (χ1) is 12.3. The zero-order chi connectivity index (χ0) is 18.9. The number of fused-ring (bicyclic) bond motifs is 1. The minimum atomic E-state index is -3.55. The molecule has 1 N–H and O–H groups in total. The van der Waals surface area contributed by atoms with E-state index in [-0.39, 0.29) is 28.9 Å². The maximum atomic E-state index is 12.5. The van der Waals surface area contributed by atoms with Gasteiger partial charge in [-0.3, -0.25) is 4.79 Å². The molecule has 0 radical (unpaired) electrons. The van der Waals surface area contributed by atoms with Gasteiger partial charge in [-0.2, -0.15) is 0 Å². The third-order valence-corrected chi connectivity index (χ3v) is 6.26. The summed E-state index contributed by atoms with van der Waals surface area (Å²) in [5.74, 6) is 0.330. The van der Waals surface area contributed by atoms with E-state index in [4.69, 9.17) is 4.74 Å². The van der Waals surface area contributed by atoms with E-state index in [2.05, 4.69) is 4.72 Å². The maximum Gasteiger partial charge on any atom is 0.240 e. The van der Waals surface area contributed by atoms with Gasteiger partial charge in [0, 0.05) is 30.8 Å². The number of hydrogen-bond acceptors (Lipinski definition) is 4. The monoisotopic (exact) mass is 380 g/mol. The van der Waals surface area contributed by atoms with Crippen molar-refractivity contribution in [2.45, 2.75) is 63.5 Å². The molecule has 7 heteroatoms. The molecule has 0 bridgehead atoms. The Bertz CT molecular complexity index is 772. The Morgan fingerprint density at radius 1 is 1.35 bits per heavy atom. The molecule has 1 amide bonds. The second kappa shape index (κ2) is 7.66. The number of rotatable bonds is 8. The lowest BCUT2D eigenvalue weighted by molar-refractivity contribution is -0.120. The molecule has 1 aliphatic heterocycles. The summed E-state index contributed by atoms with van der Waals surface area (Å²) in [5.41, 5.74) is 1.79. The molecule has 0 aromatic heterocycles. The van der Waals surface area contributed by atoms with Crippen molar-refractivity contribution in [1.29, 1.82) is 0 Å². The largest absolute Gasteiger partial charge is 0.379 e. The number of sulfonamides is 1. The molecule has 1 aromatic rings. The summed E-state index contributed by atoms with van der Waals surface area (Å²) in [6, 6.07) is 5.16. The molecule has 26 heavy (non-hydrogen) atoms. The van der Waals surface area contributed by atoms with Crippen LogP contribution in [-0.2, 0) is 26.0 Å². The number of hydrogen-bond donors (Lipinski definition) is 1. The van der Waals surface area contributed by atoms with Crippen molar-refractivity contribution in [2.75, 3.05) is 18.1 Å². The molecular formula is C19H28N2O4S. The maximum absolute atomic E-state index is 12.5. The van der Waals surface area contributed by atoms with Gasteiger partial charge in [-0.15, -0.1) is 0 Å². The van der Waals surface area contributed by atoms with E-state index in [1.54, 1.807) is 18.2 Å². The van der Waals surface area contributed by atoms with E-state index in [1.807, 2.05) is 25.7 Å². The van der Waals surface area contributed by atoms with Gasteiger partial charge < -0.3 is 9.64 Å². The van der Waals surface area contributed by atoms with Crippen LogP contribution in [0.1, 0.15) is 45.6 Å². The van der Waals surface area contributed by atoms with Gasteiger partial charge in [-0.1, -0.05) is 0 Å². The standard InChI is InChI=1S/C19H28N2O4S/c1-13(2)25-10-4-9-20-26(23,24)17-7-8-18-16(12-17)11-14(3)21(18)19(22)15-5-6-15/h7-8,12-15,20H,4-6,9-11H2,1-3H3. The first-order valence-corrected chi connectivity index (χ1v) is 10.8. The number of nitrogens with one attached hydrogen (secondary N) is 1. The lowest BCUT2D eigenvalue weighted by atomic mass is 10.1. The first kappa shape index (κ1) is 19.3. The summed E-state index contributed by atoms with van der Waals surface area (Å²) in [4.78, 5) is 14.6. The number of ether oxygens (including phenoxy) is 1. The lowest BCUT2D eigenvalue weighted by Crippen LogP contribution is -2.36. The van der Waals surface area contributed by atoms with Crippen LogP contribution in [-0.4, -0.2) is 39.6 Å². The average Bonchev–Trinajstić information content (AvgIpc) is 3.35. The van der Waals surface area contributed by atoms with Crippen LogP contribution in [0.3, 0.4) is 0 Å². The molecule has 1 saturated carbocycles. The fourth-order valence-corrected chi connectivity index (χ4v) is 4.44. The van der Waals surface area contributed by atoms with Gasteiger partial charge in [0.1, 0.15) is 0 Å². The van der Waals surface area contributed by atoms with Crippen molar-refractivity contribution in [3.8, 4) is 0 Å². The van der Waals surface area contributed by atoms with Gasteiger partial charge in [-0.05, 0) is 70.2 Å². The van der Waals surface area contributed by atoms with Crippen LogP contribution in [0, 0.1) is 5.92 Å². The van der Waals surface area contributed by atoms with Gasteiger partial charge >= 0.3 is 0 Å². The number of anilines is 1. The van der Waals surface area contributed by atoms with E-state index < -0.39 is 10.0 Å². The molecule has 6 nitrogen and oxygen atoms in total. The third-order valence-electron chi connectivity index (χ3n) is 4.81. The molecule has 1 aromatic carbocycles. The number of carbonyl (C=O) groups is 1. The highest BCUT2D eigenvalue weighted by molar-refractivity contribution is 7.89. The van der Waals surface area contributed by atoms with E-state index in [1.165, 1.54) is 0 Å². The normalized spacial score (nSPS) is 19.8. The van der Waals surface area contributed by atoms with E-state index in [0.29, 0.717) is 26.0 Å². The Kier molecular flexibility index (Phi) is 5.69. The van der Waals surface area contributed by atoms with E-state index in [9.17, 15) is 13.2 Å². The molecule has 1 unspecified atom stereocenters. The Hall–Kier alpha value is -1.44. The fourth-order valence-electron chi connectivity index (χ4n) is 3.32. The second-order valence-electron chi connectivity index (χ2n) is 7.50. The molecule has 2 aliphatic rings. The summed E-state index contributed by atoms with van der Waals surface area (Å²) >= 11 is 0. The SMILES string of the molecule is CC(C)OCCCNS(=O)(=O)c1ccc2c(c1)CC(C)N2C(=O)C1CC1. The number of amides is 1. The van der Waals surface area contributed by atoms with Crippen LogP contribution in [0.2, 0.25) is 0 Å². The van der Waals surface area contributed by atoms with Crippen LogP contribution in [0.4, 0.5) is 5.69 Å². The first-order valence-electron chi connectivity index (χ1n) is 9.37. The molecule has 1 fully saturated rings. The molecule has 0 spiro atoms. The third kappa shape index (κ3) is 4.27. The summed E-state index contributed by atoms with van der Waals surface area (Å²) in [6.07, 6.45) is 3.40. The van der Waals surface area contributed by atoms with Crippen LogP contribution in [0.25, 0.3) is 0 Å². The van der Waals surface area contributed by atoms with Crippen LogP contribution in [0.5, 0.6) is 0 Å². The highest BCUT2D eigenvalue weighted by Crippen LogP contribution is 2.39. The van der Waals surface area contributed by atoms with Crippen LogP contribution < -0.4 is 9.62 Å². The number of nitrogens with zero attached hydrogens (tertiary/aromatic N) is 1. The van der Waals surface area contributed by atoms with Gasteiger partial charge in [0.2, 0.25) is 15.9 Å². The van der Waals surface area contributed by atoms with Crippen molar-refractivity contribution in [1.82, 2.24) is 4.72 Å². The topological polar surface area (TPSA) is 75.7 Å². The smallest absolute Gasteiger partial charge is 0.240 e. The van der Waals surface area contributed by atoms with Crippen molar-refractivity contribution >= 4 is 21.6 Å². The van der Waals surface area contributed by atoms with Crippen molar-refractivity contribution < 1.29 is 17.9 Å². The molecule has 1 atom stereocenters. The molecule has 144 valence electrons. The lowest BCUT2D eigenvalue weighted by Gasteiger charge is -2.22. The Labute approximate surface area is 156 Å². The highest BCUT2D eigenvalue weighted by Gasteiger charge is 2.39. The van der Waals surface area contributed by atoms with Crippen LogP contribution >= 0.6 is 0 Å². The zero-order valence-corrected chi connectivity index (χ0v) is 16.5. The molecule has 1 aliphatic carbocycles. The Balaban J connectivity index is 1.67. The number of benzene rings is 1. The predicted octanol–water partition coefficient (Wildman–Crippen LogP) is 2.47. The highest BCUT2D eigenvalue weighted by atomic mass is 32.2. The second-order valence-corrected chi connectivity index (χ2v) is 9.26. The zero-order valence-electron chi connectivity index (χ0n) is 15.7. The summed E-state index contributed by atoms with van der Waals surface area (Å²) < 4.78 is 33.1. The van der Waals surface area contributed by atoms with E-state index in [0.717, 1.165) is 24.1 Å². The minimum Gasteiger partial charge on any atom is -0.379 e. The van der Waals surface area contributed by atoms with E-state index >= 15 is 0 Å². The van der Waals surface area contributed by atoms with Crippen molar-refractivity contribution in [2.24, 2.45) is 5.92 Å². The number of carbonyl (C=O) groups excluding carboxylic acids is 1. The Morgan fingerprint density at radius 2 is 2.08 bits per heavy atom. The van der Waals surface area contributed by atoms with Crippen molar-refractivity contribution in [3.63, 3.8) is 0 Å². The quantitative estimate of drug-likeness (QED) is 0.703. The average molecular weight is 381 g/mol. The predicted molar refractivity (Wildman–Crippen MR) is 101 cm³/mol. The molecule has 3 rings (SSSR count). The van der Waals surface area contributed by atoms with Gasteiger partial charge in [0.15, 0.2) is 0 Å². The fraction of sp³-hybridized carbons (Fsp3) is 0.632. The van der Waals surface area contributed by atoms with Crippen LogP contribution in [0.15, 0.2) is 23.1 Å². The van der Waals surface area contributed by atoms with Gasteiger partial charge in [0.05, 0.1) is 11.0 Å². The molecule has 0 saturated heterocycles.